The van der Waals surface area contributed by atoms with Gasteiger partial charge in [0.2, 0.25) is 0 Å². The molecule has 0 unspecified atom stereocenters. The molecule has 69 valence electrons. The number of carbonyl (C=O) groups excluding carboxylic acids is 1. The summed E-state index contributed by atoms with van der Waals surface area (Å²) >= 11 is 0. The van der Waals surface area contributed by atoms with Gasteiger partial charge in [-0.1, -0.05) is 26.0 Å². The quantitative estimate of drug-likeness (QED) is 0.638. The third-order valence-corrected chi connectivity index (χ3v) is 1.86. The zero-order chi connectivity index (χ0) is 10.0. The Balaban J connectivity index is 3.04. The summed E-state index contributed by atoms with van der Waals surface area (Å²) in [6.07, 6.45) is 0. The van der Waals surface area contributed by atoms with Crippen molar-refractivity contribution < 1.29 is 9.18 Å². The highest BCUT2D eigenvalue weighted by molar-refractivity contribution is 5.97. The van der Waals surface area contributed by atoms with Gasteiger partial charge in [0.1, 0.15) is 5.82 Å². The van der Waals surface area contributed by atoms with Gasteiger partial charge < -0.3 is 0 Å². The molecule has 1 radical (unpaired) electrons. The number of carbonyl (C=O) groups is 1. The van der Waals surface area contributed by atoms with Crippen molar-refractivity contribution in [2.75, 3.05) is 0 Å². The fourth-order valence-electron chi connectivity index (χ4n) is 1.03. The molecular weight excluding hydrogens is 167 g/mol. The summed E-state index contributed by atoms with van der Waals surface area (Å²) in [6, 6.07) is 4.36. The topological polar surface area (TPSA) is 17.1 Å². The van der Waals surface area contributed by atoms with Gasteiger partial charge in [-0.15, -0.1) is 0 Å². The molecule has 0 bridgehead atoms. The molecule has 0 aliphatic heterocycles. The molecular formula is C11H12FO. The smallest absolute Gasteiger partial charge is 0.165 e. The Morgan fingerprint density at radius 2 is 2.08 bits per heavy atom. The summed E-state index contributed by atoms with van der Waals surface area (Å²) in [4.78, 5) is 11.4. The maximum Gasteiger partial charge on any atom is 0.165 e. The van der Waals surface area contributed by atoms with Crippen LogP contribution >= 0.6 is 0 Å². The van der Waals surface area contributed by atoms with Crippen molar-refractivity contribution >= 4 is 5.78 Å². The van der Waals surface area contributed by atoms with Crippen molar-refractivity contribution in [3.63, 3.8) is 0 Å². The highest BCUT2D eigenvalue weighted by atomic mass is 19.1. The van der Waals surface area contributed by atoms with E-state index >= 15 is 0 Å². The van der Waals surface area contributed by atoms with Gasteiger partial charge in [-0.25, -0.2) is 4.39 Å². The molecule has 0 spiro atoms. The lowest BCUT2D eigenvalue weighted by Gasteiger charge is -2.04. The van der Waals surface area contributed by atoms with E-state index < -0.39 is 5.82 Å². The lowest BCUT2D eigenvalue weighted by molar-refractivity contribution is 0.0939. The summed E-state index contributed by atoms with van der Waals surface area (Å²) in [5.41, 5.74) is 0.736. The number of halogens is 1. The van der Waals surface area contributed by atoms with Crippen LogP contribution in [0.3, 0.4) is 0 Å². The average Bonchev–Trinajstić information content (AvgIpc) is 2.08. The molecule has 0 N–H and O–H groups in total. The molecule has 1 rings (SSSR count). The van der Waals surface area contributed by atoms with Crippen LogP contribution < -0.4 is 0 Å². The first-order chi connectivity index (χ1) is 6.02. The highest BCUT2D eigenvalue weighted by Crippen LogP contribution is 2.12. The number of ketones is 1. The Labute approximate surface area is 77.6 Å². The van der Waals surface area contributed by atoms with Crippen LogP contribution in [0.5, 0.6) is 0 Å². The molecule has 2 heteroatoms. The molecule has 0 saturated heterocycles. The summed E-state index contributed by atoms with van der Waals surface area (Å²) in [5, 5.41) is 0. The lowest BCUT2D eigenvalue weighted by Crippen LogP contribution is -2.07. The molecule has 0 aliphatic rings. The van der Waals surface area contributed by atoms with Gasteiger partial charge in [-0.05, 0) is 18.6 Å². The molecule has 1 aromatic carbocycles. The second kappa shape index (κ2) is 3.69. The van der Waals surface area contributed by atoms with Crippen molar-refractivity contribution in [1.29, 1.82) is 0 Å². The first kappa shape index (κ1) is 9.90. The normalized spacial score (nSPS) is 10.5. The fourth-order valence-corrected chi connectivity index (χ4v) is 1.03. The average molecular weight is 179 g/mol. The first-order valence-corrected chi connectivity index (χ1v) is 4.18. The summed E-state index contributed by atoms with van der Waals surface area (Å²) in [5.74, 6) is -0.569. The maximum absolute atomic E-state index is 13.0. The van der Waals surface area contributed by atoms with E-state index in [0.717, 1.165) is 0 Å². The SMILES string of the molecule is [CH2]c1ccc(C(=O)C(C)C)cc1F. The van der Waals surface area contributed by atoms with Crippen LogP contribution in [-0.4, -0.2) is 5.78 Å². The molecule has 0 aliphatic carbocycles. The Hall–Kier alpha value is -1.18. The molecule has 13 heavy (non-hydrogen) atoms. The van der Waals surface area contributed by atoms with Gasteiger partial charge in [0.05, 0.1) is 0 Å². The predicted octanol–water partition coefficient (Wildman–Crippen LogP) is 2.85. The van der Waals surface area contributed by atoms with Gasteiger partial charge in [0, 0.05) is 11.5 Å². The Morgan fingerprint density at radius 1 is 1.46 bits per heavy atom. The van der Waals surface area contributed by atoms with E-state index in [9.17, 15) is 9.18 Å². The van der Waals surface area contributed by atoms with E-state index in [-0.39, 0.29) is 11.7 Å². The van der Waals surface area contributed by atoms with Crippen LogP contribution in [0, 0.1) is 18.7 Å². The van der Waals surface area contributed by atoms with Crippen molar-refractivity contribution in [3.05, 3.63) is 42.1 Å². The van der Waals surface area contributed by atoms with E-state index in [1.165, 1.54) is 12.1 Å². The van der Waals surface area contributed by atoms with Crippen LogP contribution in [-0.2, 0) is 0 Å². The number of benzene rings is 1. The molecule has 0 fully saturated rings. The van der Waals surface area contributed by atoms with Gasteiger partial charge >= 0.3 is 0 Å². The highest BCUT2D eigenvalue weighted by Gasteiger charge is 2.11. The van der Waals surface area contributed by atoms with Crippen LogP contribution in [0.15, 0.2) is 18.2 Å². The fraction of sp³-hybridized carbons (Fsp3) is 0.273. The van der Waals surface area contributed by atoms with Crippen LogP contribution in [0.2, 0.25) is 0 Å². The minimum Gasteiger partial charge on any atom is -0.294 e. The van der Waals surface area contributed by atoms with E-state index in [1.54, 1.807) is 19.9 Å². The number of Topliss-reactive ketones (excluding diaryl/α,β-unsaturated/α-hetero) is 1. The Kier molecular flexibility index (Phi) is 2.81. The maximum atomic E-state index is 13.0. The lowest BCUT2D eigenvalue weighted by atomic mass is 10.00. The van der Waals surface area contributed by atoms with Gasteiger partial charge in [-0.3, -0.25) is 4.79 Å². The molecule has 1 aromatic rings. The predicted molar refractivity (Wildman–Crippen MR) is 50.0 cm³/mol. The summed E-state index contributed by atoms with van der Waals surface area (Å²) in [7, 11) is 0. The van der Waals surface area contributed by atoms with E-state index in [2.05, 4.69) is 6.92 Å². The summed E-state index contributed by atoms with van der Waals surface area (Å²) in [6.45, 7) is 7.06. The monoisotopic (exact) mass is 179 g/mol. The van der Waals surface area contributed by atoms with E-state index in [0.29, 0.717) is 11.1 Å². The Morgan fingerprint density at radius 3 is 2.54 bits per heavy atom. The molecule has 0 aromatic heterocycles. The molecule has 0 heterocycles. The van der Waals surface area contributed by atoms with Gasteiger partial charge in [-0.2, -0.15) is 0 Å². The van der Waals surface area contributed by atoms with E-state index in [4.69, 9.17) is 0 Å². The van der Waals surface area contributed by atoms with Crippen LogP contribution in [0.1, 0.15) is 29.8 Å². The van der Waals surface area contributed by atoms with Crippen LogP contribution in [0.25, 0.3) is 0 Å². The standard InChI is InChI=1S/C11H12FO/c1-7(2)11(13)9-5-4-8(3)10(12)6-9/h4-7H,3H2,1-2H3. The first-order valence-electron chi connectivity index (χ1n) is 4.18. The second-order valence-corrected chi connectivity index (χ2v) is 3.33. The minimum atomic E-state index is -0.425. The molecule has 1 nitrogen and oxygen atoms in total. The third kappa shape index (κ3) is 2.14. The Bertz CT molecular complexity index is 329. The number of hydrogen-bond donors (Lipinski definition) is 0. The second-order valence-electron chi connectivity index (χ2n) is 3.33. The zero-order valence-electron chi connectivity index (χ0n) is 7.80. The molecule has 0 amide bonds. The van der Waals surface area contributed by atoms with Crippen molar-refractivity contribution in [2.24, 2.45) is 5.92 Å². The summed E-state index contributed by atoms with van der Waals surface area (Å²) < 4.78 is 13.0. The van der Waals surface area contributed by atoms with E-state index in [1.807, 2.05) is 0 Å². The van der Waals surface area contributed by atoms with Crippen LogP contribution in [0.4, 0.5) is 4.39 Å². The molecule has 0 atom stereocenters. The molecule has 0 saturated carbocycles. The minimum absolute atomic E-state index is 0.0427. The largest absolute Gasteiger partial charge is 0.294 e. The van der Waals surface area contributed by atoms with Gasteiger partial charge in [0.25, 0.3) is 0 Å². The number of hydrogen-bond acceptors (Lipinski definition) is 1. The third-order valence-electron chi connectivity index (χ3n) is 1.86. The zero-order valence-corrected chi connectivity index (χ0v) is 7.80. The number of rotatable bonds is 2. The van der Waals surface area contributed by atoms with Crippen molar-refractivity contribution in [3.8, 4) is 0 Å². The van der Waals surface area contributed by atoms with Gasteiger partial charge in [0.15, 0.2) is 5.78 Å². The van der Waals surface area contributed by atoms with Crippen molar-refractivity contribution in [2.45, 2.75) is 13.8 Å². The van der Waals surface area contributed by atoms with Crippen molar-refractivity contribution in [1.82, 2.24) is 0 Å².